The summed E-state index contributed by atoms with van der Waals surface area (Å²) in [6.07, 6.45) is 7.62. The molecule has 0 amide bonds. The molecule has 0 saturated heterocycles. The first-order chi connectivity index (χ1) is 11.6. The molecule has 0 unspecified atom stereocenters. The van der Waals surface area contributed by atoms with Gasteiger partial charge >= 0.3 is 0 Å². The number of halogens is 2. The summed E-state index contributed by atoms with van der Waals surface area (Å²) in [6, 6.07) is 4.18. The van der Waals surface area contributed by atoms with Crippen molar-refractivity contribution in [2.75, 3.05) is 7.11 Å². The van der Waals surface area contributed by atoms with Gasteiger partial charge in [0.2, 0.25) is 0 Å². The molecule has 3 rings (SSSR count). The molecular formula is C17H18F2N4O. The van der Waals surface area contributed by atoms with Gasteiger partial charge in [-0.05, 0) is 19.4 Å². The van der Waals surface area contributed by atoms with Crippen molar-refractivity contribution in [3.8, 4) is 17.1 Å². The minimum atomic E-state index is -0.696. The number of ether oxygens (including phenoxy) is 1. The third-order valence-corrected chi connectivity index (χ3v) is 3.95. The number of nitrogens with zero attached hydrogens (tertiary/aromatic N) is 4. The highest BCUT2D eigenvalue weighted by molar-refractivity contribution is 5.59. The Labute approximate surface area is 138 Å². The maximum Gasteiger partial charge on any atom is 0.146 e. The summed E-state index contributed by atoms with van der Waals surface area (Å²) in [5.41, 5.74) is -0.147. The lowest BCUT2D eigenvalue weighted by Gasteiger charge is -2.17. The van der Waals surface area contributed by atoms with Gasteiger partial charge in [-0.1, -0.05) is 0 Å². The van der Waals surface area contributed by atoms with Crippen molar-refractivity contribution < 1.29 is 13.5 Å². The van der Waals surface area contributed by atoms with Crippen molar-refractivity contribution in [1.29, 1.82) is 0 Å². The normalized spacial score (nSPS) is 12.3. The number of methoxy groups -OCH3 is 1. The summed E-state index contributed by atoms with van der Waals surface area (Å²) in [6.45, 7) is 2.69. The number of rotatable bonds is 6. The van der Waals surface area contributed by atoms with Gasteiger partial charge in [-0.25, -0.2) is 13.8 Å². The molecule has 7 heteroatoms. The number of aryl methyl sites for hydroxylation is 1. The number of aromatic nitrogens is 4. The lowest BCUT2D eigenvalue weighted by atomic mass is 10.1. The average Bonchev–Trinajstić information content (AvgIpc) is 3.23. The second-order valence-electron chi connectivity index (χ2n) is 5.53. The van der Waals surface area contributed by atoms with Crippen LogP contribution in [-0.2, 0) is 6.54 Å². The summed E-state index contributed by atoms with van der Waals surface area (Å²) in [7, 11) is 1.37. The van der Waals surface area contributed by atoms with E-state index in [4.69, 9.17) is 4.74 Å². The smallest absolute Gasteiger partial charge is 0.146 e. The van der Waals surface area contributed by atoms with Gasteiger partial charge in [-0.3, -0.25) is 4.68 Å². The van der Waals surface area contributed by atoms with Crippen molar-refractivity contribution in [3.05, 3.63) is 54.6 Å². The van der Waals surface area contributed by atoms with Crippen molar-refractivity contribution in [2.45, 2.75) is 25.9 Å². The third-order valence-electron chi connectivity index (χ3n) is 3.95. The minimum absolute atomic E-state index is 0.00704. The fraction of sp³-hybridized carbons (Fsp3) is 0.294. The zero-order valence-electron chi connectivity index (χ0n) is 13.5. The molecule has 0 radical (unpaired) electrons. The molecule has 2 aromatic heterocycles. The Morgan fingerprint density at radius 1 is 1.17 bits per heavy atom. The highest BCUT2D eigenvalue weighted by Crippen LogP contribution is 2.30. The zero-order valence-corrected chi connectivity index (χ0v) is 13.5. The Morgan fingerprint density at radius 3 is 2.54 bits per heavy atom. The van der Waals surface area contributed by atoms with Gasteiger partial charge in [0.05, 0.1) is 12.7 Å². The average molecular weight is 332 g/mol. The van der Waals surface area contributed by atoms with Crippen LogP contribution in [0.1, 0.15) is 19.4 Å². The number of hydrogen-bond donors (Lipinski definition) is 0. The predicted molar refractivity (Wildman–Crippen MR) is 85.7 cm³/mol. The zero-order chi connectivity index (χ0) is 17.1. The summed E-state index contributed by atoms with van der Waals surface area (Å²) in [5, 5.41) is 4.16. The van der Waals surface area contributed by atoms with E-state index in [0.717, 1.165) is 18.6 Å². The molecule has 2 heterocycles. The van der Waals surface area contributed by atoms with Gasteiger partial charge < -0.3 is 9.30 Å². The molecule has 0 spiro atoms. The van der Waals surface area contributed by atoms with Gasteiger partial charge in [0.25, 0.3) is 0 Å². The maximum absolute atomic E-state index is 14.3. The topological polar surface area (TPSA) is 44.9 Å². The second-order valence-corrected chi connectivity index (χ2v) is 5.53. The lowest BCUT2D eigenvalue weighted by molar-refractivity contribution is 0.406. The molecular weight excluding hydrogens is 314 g/mol. The fourth-order valence-corrected chi connectivity index (χ4v) is 2.63. The highest BCUT2D eigenvalue weighted by Gasteiger charge is 2.20. The van der Waals surface area contributed by atoms with E-state index in [-0.39, 0.29) is 23.2 Å². The number of imidazole rings is 1. The summed E-state index contributed by atoms with van der Waals surface area (Å²) >= 11 is 0. The van der Waals surface area contributed by atoms with Crippen LogP contribution in [0.2, 0.25) is 0 Å². The van der Waals surface area contributed by atoms with Crippen molar-refractivity contribution in [1.82, 2.24) is 19.3 Å². The molecule has 0 bridgehead atoms. The van der Waals surface area contributed by atoms with E-state index in [1.807, 2.05) is 23.9 Å². The fourth-order valence-electron chi connectivity index (χ4n) is 2.63. The van der Waals surface area contributed by atoms with E-state index in [2.05, 4.69) is 10.1 Å². The molecule has 3 aromatic rings. The molecule has 0 aliphatic heterocycles. The number of benzene rings is 1. The molecule has 1 aromatic carbocycles. The Morgan fingerprint density at radius 2 is 1.92 bits per heavy atom. The maximum atomic E-state index is 14.3. The molecule has 0 aliphatic rings. The van der Waals surface area contributed by atoms with E-state index >= 15 is 0 Å². The Hall–Kier alpha value is -2.70. The third kappa shape index (κ3) is 3.15. The van der Waals surface area contributed by atoms with Gasteiger partial charge in [0, 0.05) is 49.5 Å². The van der Waals surface area contributed by atoms with Crippen LogP contribution in [0.25, 0.3) is 11.4 Å². The predicted octanol–water partition coefficient (Wildman–Crippen LogP) is 3.68. The van der Waals surface area contributed by atoms with Crippen molar-refractivity contribution >= 4 is 0 Å². The van der Waals surface area contributed by atoms with Crippen LogP contribution in [0.3, 0.4) is 0 Å². The van der Waals surface area contributed by atoms with Gasteiger partial charge in [0.1, 0.15) is 23.2 Å². The molecule has 1 atom stereocenters. The molecule has 0 aliphatic carbocycles. The van der Waals surface area contributed by atoms with Gasteiger partial charge in [-0.15, -0.1) is 0 Å². The largest absolute Gasteiger partial charge is 0.497 e. The van der Waals surface area contributed by atoms with E-state index in [0.29, 0.717) is 6.54 Å². The summed E-state index contributed by atoms with van der Waals surface area (Å²) in [4.78, 5) is 4.15. The quantitative estimate of drug-likeness (QED) is 0.692. The standard InChI is InChI=1S/C17H18F2N4O/c1-12(4-8-22-7-3-5-21-22)23-9-6-20-17(23)16-14(18)10-13(24-2)11-15(16)19/h3,5-7,9-12H,4,8H2,1-2H3/t12-/m0/s1. The van der Waals surface area contributed by atoms with Crippen LogP contribution in [0.4, 0.5) is 8.78 Å². The SMILES string of the molecule is COc1cc(F)c(-c2nccn2[C@@H](C)CCn2cccn2)c(F)c1. The van der Waals surface area contributed by atoms with Crippen LogP contribution < -0.4 is 4.74 Å². The first-order valence-corrected chi connectivity index (χ1v) is 7.64. The Kier molecular flexibility index (Phi) is 4.59. The van der Waals surface area contributed by atoms with Gasteiger partial charge in [0.15, 0.2) is 0 Å². The molecule has 24 heavy (non-hydrogen) atoms. The summed E-state index contributed by atoms with van der Waals surface area (Å²) < 4.78 is 37.1. The van der Waals surface area contributed by atoms with Crippen LogP contribution in [0.5, 0.6) is 5.75 Å². The second kappa shape index (κ2) is 6.82. The first kappa shape index (κ1) is 16.2. The van der Waals surface area contributed by atoms with Crippen LogP contribution in [-0.4, -0.2) is 26.4 Å². The van der Waals surface area contributed by atoms with Crippen LogP contribution in [0, 0.1) is 11.6 Å². The van der Waals surface area contributed by atoms with E-state index in [1.165, 1.54) is 7.11 Å². The van der Waals surface area contributed by atoms with Crippen LogP contribution >= 0.6 is 0 Å². The van der Waals surface area contributed by atoms with E-state index < -0.39 is 11.6 Å². The molecule has 126 valence electrons. The molecule has 5 nitrogen and oxygen atoms in total. The Bertz CT molecular complexity index is 791. The minimum Gasteiger partial charge on any atom is -0.497 e. The lowest BCUT2D eigenvalue weighted by Crippen LogP contribution is -2.11. The highest BCUT2D eigenvalue weighted by atomic mass is 19.1. The summed E-state index contributed by atoms with van der Waals surface area (Å²) in [5.74, 6) is -0.989. The first-order valence-electron chi connectivity index (χ1n) is 7.64. The number of hydrogen-bond acceptors (Lipinski definition) is 3. The van der Waals surface area contributed by atoms with Gasteiger partial charge in [-0.2, -0.15) is 5.10 Å². The van der Waals surface area contributed by atoms with Crippen LogP contribution in [0.15, 0.2) is 43.0 Å². The van der Waals surface area contributed by atoms with Crippen molar-refractivity contribution in [2.24, 2.45) is 0 Å². The van der Waals surface area contributed by atoms with E-state index in [1.54, 1.807) is 23.2 Å². The molecule has 0 fully saturated rings. The monoisotopic (exact) mass is 332 g/mol. The van der Waals surface area contributed by atoms with Crippen molar-refractivity contribution in [3.63, 3.8) is 0 Å². The Balaban J connectivity index is 1.87. The van der Waals surface area contributed by atoms with E-state index in [9.17, 15) is 8.78 Å². The molecule has 0 N–H and O–H groups in total. The molecule has 0 saturated carbocycles.